The summed E-state index contributed by atoms with van der Waals surface area (Å²) in [7, 11) is 0. The Labute approximate surface area is 137 Å². The van der Waals surface area contributed by atoms with E-state index in [9.17, 15) is 4.79 Å². The van der Waals surface area contributed by atoms with E-state index in [0.717, 1.165) is 18.4 Å². The Morgan fingerprint density at radius 2 is 2.13 bits per heavy atom. The molecule has 1 aliphatic carbocycles. The number of nitrogens with zero attached hydrogens (tertiary/aromatic N) is 1. The normalized spacial score (nSPS) is 15.3. The van der Waals surface area contributed by atoms with Crippen molar-refractivity contribution in [2.24, 2.45) is 0 Å². The highest BCUT2D eigenvalue weighted by atomic mass is 16.3. The predicted octanol–water partition coefficient (Wildman–Crippen LogP) is 1.73. The van der Waals surface area contributed by atoms with Crippen LogP contribution < -0.4 is 10.6 Å². The standard InChI is InChI=1S/C18H23N3O2/c1-13(21-18(23)17(11-19)12-20-8-9-22)15-7-6-14-4-2-3-5-16(14)10-15/h6-7,10,12-13,20,22H,2-5,8-9H2,1H3,(H,21,23)/b17-12-. The Balaban J connectivity index is 2.03. The van der Waals surface area contributed by atoms with Crippen molar-refractivity contribution in [2.45, 2.75) is 38.6 Å². The molecule has 0 spiro atoms. The number of benzene rings is 1. The van der Waals surface area contributed by atoms with Crippen LogP contribution in [0.1, 0.15) is 42.5 Å². The maximum absolute atomic E-state index is 12.1. The van der Waals surface area contributed by atoms with Crippen molar-refractivity contribution < 1.29 is 9.90 Å². The molecule has 2 rings (SSSR count). The average Bonchev–Trinajstić information content (AvgIpc) is 2.58. The molecule has 1 aromatic carbocycles. The molecule has 0 bridgehead atoms. The lowest BCUT2D eigenvalue weighted by molar-refractivity contribution is -0.117. The second-order valence-electron chi connectivity index (χ2n) is 5.78. The van der Waals surface area contributed by atoms with Gasteiger partial charge in [0.05, 0.1) is 12.6 Å². The summed E-state index contributed by atoms with van der Waals surface area (Å²) >= 11 is 0. The van der Waals surface area contributed by atoms with E-state index in [1.54, 1.807) is 0 Å². The van der Waals surface area contributed by atoms with Gasteiger partial charge in [0.15, 0.2) is 0 Å². The molecule has 0 fully saturated rings. The molecule has 1 amide bonds. The van der Waals surface area contributed by atoms with Crippen molar-refractivity contribution in [1.82, 2.24) is 10.6 Å². The molecule has 5 nitrogen and oxygen atoms in total. The third-order valence-electron chi connectivity index (χ3n) is 4.09. The summed E-state index contributed by atoms with van der Waals surface area (Å²) in [6.45, 7) is 2.17. The molecule has 122 valence electrons. The number of hydrogen-bond acceptors (Lipinski definition) is 4. The first kappa shape index (κ1) is 17.0. The monoisotopic (exact) mass is 313 g/mol. The SMILES string of the molecule is CC(NC(=O)/C(C#N)=C\NCCO)c1ccc2c(c1)CCCC2. The van der Waals surface area contributed by atoms with Gasteiger partial charge in [-0.2, -0.15) is 5.26 Å². The minimum absolute atomic E-state index is 0.00302. The fourth-order valence-corrected chi connectivity index (χ4v) is 2.77. The Kier molecular flexibility index (Phi) is 6.19. The van der Waals surface area contributed by atoms with Crippen molar-refractivity contribution in [1.29, 1.82) is 5.26 Å². The molecule has 1 unspecified atom stereocenters. The van der Waals surface area contributed by atoms with Crippen LogP contribution in [0.4, 0.5) is 0 Å². The van der Waals surface area contributed by atoms with Gasteiger partial charge in [0.1, 0.15) is 11.6 Å². The highest BCUT2D eigenvalue weighted by Crippen LogP contribution is 2.24. The lowest BCUT2D eigenvalue weighted by Crippen LogP contribution is -2.29. The van der Waals surface area contributed by atoms with Gasteiger partial charge in [0.2, 0.25) is 0 Å². The van der Waals surface area contributed by atoms with E-state index >= 15 is 0 Å². The summed E-state index contributed by atoms with van der Waals surface area (Å²) in [6, 6.07) is 8.08. The fraction of sp³-hybridized carbons (Fsp3) is 0.444. The van der Waals surface area contributed by atoms with E-state index in [2.05, 4.69) is 28.8 Å². The van der Waals surface area contributed by atoms with E-state index in [0.29, 0.717) is 6.54 Å². The Morgan fingerprint density at radius 1 is 1.39 bits per heavy atom. The van der Waals surface area contributed by atoms with Gasteiger partial charge >= 0.3 is 0 Å². The molecule has 5 heteroatoms. The van der Waals surface area contributed by atoms with Crippen LogP contribution in [0.3, 0.4) is 0 Å². The summed E-state index contributed by atoms with van der Waals surface area (Å²) in [5.74, 6) is -0.414. The summed E-state index contributed by atoms with van der Waals surface area (Å²) in [5, 5.41) is 23.3. The van der Waals surface area contributed by atoms with Gasteiger partial charge < -0.3 is 15.7 Å². The summed E-state index contributed by atoms with van der Waals surface area (Å²) < 4.78 is 0. The summed E-state index contributed by atoms with van der Waals surface area (Å²) in [5.41, 5.74) is 3.84. The first-order chi connectivity index (χ1) is 11.2. The average molecular weight is 313 g/mol. The first-order valence-corrected chi connectivity index (χ1v) is 8.02. The van der Waals surface area contributed by atoms with Crippen LogP contribution in [0, 0.1) is 11.3 Å². The van der Waals surface area contributed by atoms with E-state index in [1.807, 2.05) is 13.0 Å². The Hall–Kier alpha value is -2.32. The Bertz CT molecular complexity index is 632. The molecule has 23 heavy (non-hydrogen) atoms. The minimum Gasteiger partial charge on any atom is -0.395 e. The summed E-state index contributed by atoms with van der Waals surface area (Å²) in [6.07, 6.45) is 6.03. The molecule has 3 N–H and O–H groups in total. The smallest absolute Gasteiger partial charge is 0.263 e. The van der Waals surface area contributed by atoms with Crippen molar-refractivity contribution >= 4 is 5.91 Å². The molecule has 0 saturated carbocycles. The van der Waals surface area contributed by atoms with Gasteiger partial charge in [-0.15, -0.1) is 0 Å². The van der Waals surface area contributed by atoms with Crippen molar-refractivity contribution in [3.05, 3.63) is 46.7 Å². The van der Waals surface area contributed by atoms with Gasteiger partial charge in [-0.25, -0.2) is 0 Å². The molecule has 0 aliphatic heterocycles. The molecular formula is C18H23N3O2. The highest BCUT2D eigenvalue weighted by Gasteiger charge is 2.16. The van der Waals surface area contributed by atoms with Gasteiger partial charge in [-0.1, -0.05) is 18.2 Å². The maximum Gasteiger partial charge on any atom is 0.263 e. The molecule has 1 aromatic rings. The molecule has 1 aliphatic rings. The zero-order valence-electron chi connectivity index (χ0n) is 13.4. The minimum atomic E-state index is -0.414. The first-order valence-electron chi connectivity index (χ1n) is 8.02. The number of aliphatic hydroxyl groups is 1. The van der Waals surface area contributed by atoms with Crippen molar-refractivity contribution in [3.63, 3.8) is 0 Å². The molecule has 0 aromatic heterocycles. The fourth-order valence-electron chi connectivity index (χ4n) is 2.77. The molecule has 0 radical (unpaired) electrons. The maximum atomic E-state index is 12.1. The van der Waals surface area contributed by atoms with Crippen LogP contribution in [0.15, 0.2) is 30.0 Å². The number of rotatable bonds is 6. The number of fused-ring (bicyclic) bond motifs is 1. The molecule has 1 atom stereocenters. The van der Waals surface area contributed by atoms with Crippen LogP contribution in [0.5, 0.6) is 0 Å². The number of amides is 1. The van der Waals surface area contributed by atoms with Crippen LogP contribution >= 0.6 is 0 Å². The zero-order valence-corrected chi connectivity index (χ0v) is 13.4. The summed E-state index contributed by atoms with van der Waals surface area (Å²) in [4.78, 5) is 12.1. The number of nitrogens with one attached hydrogen (secondary N) is 2. The van der Waals surface area contributed by atoms with Crippen molar-refractivity contribution in [2.75, 3.05) is 13.2 Å². The number of aryl methyl sites for hydroxylation is 2. The number of nitriles is 1. The van der Waals surface area contributed by atoms with E-state index in [4.69, 9.17) is 10.4 Å². The lowest BCUT2D eigenvalue weighted by atomic mass is 9.89. The second-order valence-corrected chi connectivity index (χ2v) is 5.78. The number of carbonyl (C=O) groups excluding carboxylic acids is 1. The van der Waals surface area contributed by atoms with Crippen LogP contribution in [-0.4, -0.2) is 24.2 Å². The van der Waals surface area contributed by atoms with Crippen molar-refractivity contribution in [3.8, 4) is 6.07 Å². The topological polar surface area (TPSA) is 85.2 Å². The third kappa shape index (κ3) is 4.57. The van der Waals surface area contributed by atoms with Gasteiger partial charge in [0.25, 0.3) is 5.91 Å². The zero-order chi connectivity index (χ0) is 16.7. The quantitative estimate of drug-likeness (QED) is 0.424. The second kappa shape index (κ2) is 8.35. The van der Waals surface area contributed by atoms with Crippen LogP contribution in [0.2, 0.25) is 0 Å². The number of carbonyl (C=O) groups is 1. The van der Waals surface area contributed by atoms with Crippen LogP contribution in [0.25, 0.3) is 0 Å². The van der Waals surface area contributed by atoms with Gasteiger partial charge in [0, 0.05) is 12.7 Å². The van der Waals surface area contributed by atoms with E-state index in [-0.39, 0.29) is 18.2 Å². The van der Waals surface area contributed by atoms with Crippen LogP contribution in [-0.2, 0) is 17.6 Å². The van der Waals surface area contributed by atoms with Gasteiger partial charge in [-0.05, 0) is 49.3 Å². The number of aliphatic hydroxyl groups excluding tert-OH is 1. The molecular weight excluding hydrogens is 290 g/mol. The Morgan fingerprint density at radius 3 is 2.83 bits per heavy atom. The third-order valence-corrected chi connectivity index (χ3v) is 4.09. The largest absolute Gasteiger partial charge is 0.395 e. The van der Waals surface area contributed by atoms with E-state index < -0.39 is 5.91 Å². The van der Waals surface area contributed by atoms with E-state index in [1.165, 1.54) is 30.2 Å². The number of hydrogen-bond donors (Lipinski definition) is 3. The van der Waals surface area contributed by atoms with Gasteiger partial charge in [-0.3, -0.25) is 4.79 Å². The lowest BCUT2D eigenvalue weighted by Gasteiger charge is -2.20. The highest BCUT2D eigenvalue weighted by molar-refractivity contribution is 5.97. The molecule has 0 heterocycles. The predicted molar refractivity (Wildman–Crippen MR) is 88.4 cm³/mol. The molecule has 0 saturated heterocycles.